The lowest BCUT2D eigenvalue weighted by molar-refractivity contribution is -0.0627. The molecule has 27 heavy (non-hydrogen) atoms. The predicted octanol–water partition coefficient (Wildman–Crippen LogP) is 2.99. The van der Waals surface area contributed by atoms with Gasteiger partial charge < -0.3 is 9.47 Å². The minimum absolute atomic E-state index is 0.0512. The smallest absolute Gasteiger partial charge is 0.412 e. The number of amides is 1. The van der Waals surface area contributed by atoms with Crippen LogP contribution >= 0.6 is 0 Å². The van der Waals surface area contributed by atoms with Crippen LogP contribution in [-0.4, -0.2) is 62.9 Å². The molecule has 1 saturated heterocycles. The predicted molar refractivity (Wildman–Crippen MR) is 102 cm³/mol. The molecule has 3 heterocycles. The standard InChI is InChI=1S/C20H32N4O3/c1-19(2,3)27-18(25)24-16(13-26-20(24,4)5)7-6-9-23-10-8-17-15(12-23)11-21-14-22-17/h11,14,16H,6-10,12-13H2,1-5H3/t16-/m1/s1. The molecule has 2 aliphatic rings. The first-order chi connectivity index (χ1) is 12.7. The Hall–Kier alpha value is -1.73. The summed E-state index contributed by atoms with van der Waals surface area (Å²) in [6.07, 6.45) is 6.14. The van der Waals surface area contributed by atoms with E-state index in [4.69, 9.17) is 9.47 Å². The van der Waals surface area contributed by atoms with Crippen molar-refractivity contribution >= 4 is 6.09 Å². The van der Waals surface area contributed by atoms with Crippen molar-refractivity contribution in [1.82, 2.24) is 19.8 Å². The van der Waals surface area contributed by atoms with Gasteiger partial charge in [-0.3, -0.25) is 9.80 Å². The number of carbonyl (C=O) groups excluding carboxylic acids is 1. The molecule has 0 aliphatic carbocycles. The van der Waals surface area contributed by atoms with Gasteiger partial charge >= 0.3 is 6.09 Å². The summed E-state index contributed by atoms with van der Waals surface area (Å²) in [4.78, 5) is 25.4. The molecule has 0 aromatic carbocycles. The third kappa shape index (κ3) is 4.96. The van der Waals surface area contributed by atoms with Crippen LogP contribution in [0.15, 0.2) is 12.5 Å². The monoisotopic (exact) mass is 376 g/mol. The second kappa shape index (κ2) is 7.72. The van der Waals surface area contributed by atoms with E-state index in [-0.39, 0.29) is 12.1 Å². The topological polar surface area (TPSA) is 67.8 Å². The van der Waals surface area contributed by atoms with Crippen molar-refractivity contribution in [3.63, 3.8) is 0 Å². The second-order valence-electron chi connectivity index (χ2n) is 8.92. The zero-order chi connectivity index (χ0) is 19.7. The summed E-state index contributed by atoms with van der Waals surface area (Å²) in [5.74, 6) is 0. The molecule has 2 aliphatic heterocycles. The lowest BCUT2D eigenvalue weighted by atomic mass is 10.1. The molecule has 0 N–H and O–H groups in total. The minimum Gasteiger partial charge on any atom is -0.444 e. The van der Waals surface area contributed by atoms with Crippen LogP contribution < -0.4 is 0 Å². The first-order valence-corrected chi connectivity index (χ1v) is 9.82. The quantitative estimate of drug-likeness (QED) is 0.805. The summed E-state index contributed by atoms with van der Waals surface area (Å²) in [6.45, 7) is 13.0. The Balaban J connectivity index is 1.53. The van der Waals surface area contributed by atoms with Gasteiger partial charge in [-0.25, -0.2) is 14.8 Å². The minimum atomic E-state index is -0.631. The largest absolute Gasteiger partial charge is 0.444 e. The third-order valence-corrected chi connectivity index (χ3v) is 5.12. The highest BCUT2D eigenvalue weighted by Gasteiger charge is 2.45. The second-order valence-corrected chi connectivity index (χ2v) is 8.92. The fraction of sp³-hybridized carbons (Fsp3) is 0.750. The van der Waals surface area contributed by atoms with Crippen LogP contribution in [0.2, 0.25) is 0 Å². The van der Waals surface area contributed by atoms with Gasteiger partial charge in [0.2, 0.25) is 0 Å². The number of rotatable bonds is 4. The van der Waals surface area contributed by atoms with Gasteiger partial charge in [-0.15, -0.1) is 0 Å². The Morgan fingerprint density at radius 3 is 2.93 bits per heavy atom. The van der Waals surface area contributed by atoms with Crippen molar-refractivity contribution in [1.29, 1.82) is 0 Å². The molecule has 1 aromatic rings. The zero-order valence-electron chi connectivity index (χ0n) is 17.2. The van der Waals surface area contributed by atoms with E-state index in [1.165, 1.54) is 11.3 Å². The van der Waals surface area contributed by atoms with Crippen LogP contribution in [0.5, 0.6) is 0 Å². The van der Waals surface area contributed by atoms with Crippen LogP contribution in [0.25, 0.3) is 0 Å². The molecule has 1 amide bonds. The highest BCUT2D eigenvalue weighted by atomic mass is 16.6. The Bertz CT molecular complexity index is 671. The molecule has 0 unspecified atom stereocenters. The summed E-state index contributed by atoms with van der Waals surface area (Å²) in [6, 6.07) is 0.0512. The van der Waals surface area contributed by atoms with Gasteiger partial charge in [-0.2, -0.15) is 0 Å². The summed E-state index contributed by atoms with van der Waals surface area (Å²) in [5, 5.41) is 0. The average Bonchev–Trinajstić information content (AvgIpc) is 2.88. The maximum atomic E-state index is 12.7. The Morgan fingerprint density at radius 2 is 2.19 bits per heavy atom. The maximum Gasteiger partial charge on any atom is 0.412 e. The summed E-state index contributed by atoms with van der Waals surface area (Å²) in [7, 11) is 0. The van der Waals surface area contributed by atoms with Crippen LogP contribution in [0.4, 0.5) is 4.79 Å². The molecule has 7 heteroatoms. The average molecular weight is 377 g/mol. The van der Waals surface area contributed by atoms with E-state index in [0.29, 0.717) is 6.61 Å². The molecule has 7 nitrogen and oxygen atoms in total. The molecule has 1 atom stereocenters. The fourth-order valence-electron chi connectivity index (χ4n) is 3.84. The fourth-order valence-corrected chi connectivity index (χ4v) is 3.84. The summed E-state index contributed by atoms with van der Waals surface area (Å²) < 4.78 is 11.5. The molecule has 0 saturated carbocycles. The Labute approximate surface area is 162 Å². The highest BCUT2D eigenvalue weighted by molar-refractivity contribution is 5.69. The van der Waals surface area contributed by atoms with Crippen molar-refractivity contribution in [3.8, 4) is 0 Å². The van der Waals surface area contributed by atoms with Crippen LogP contribution in [0, 0.1) is 0 Å². The zero-order valence-corrected chi connectivity index (χ0v) is 17.2. The number of fused-ring (bicyclic) bond motifs is 1. The van der Waals surface area contributed by atoms with Crippen molar-refractivity contribution in [2.24, 2.45) is 0 Å². The molecule has 1 fully saturated rings. The van der Waals surface area contributed by atoms with E-state index in [0.717, 1.165) is 38.9 Å². The number of nitrogens with zero attached hydrogens (tertiary/aromatic N) is 4. The Morgan fingerprint density at radius 1 is 1.41 bits per heavy atom. The third-order valence-electron chi connectivity index (χ3n) is 5.12. The van der Waals surface area contributed by atoms with E-state index >= 15 is 0 Å². The SMILES string of the molecule is CC(C)(C)OC(=O)N1[C@H](CCCN2CCc3ncncc3C2)COC1(C)C. The summed E-state index contributed by atoms with van der Waals surface area (Å²) >= 11 is 0. The van der Waals surface area contributed by atoms with Gasteiger partial charge in [0.15, 0.2) is 0 Å². The van der Waals surface area contributed by atoms with Gasteiger partial charge in [-0.05, 0) is 54.0 Å². The van der Waals surface area contributed by atoms with Crippen molar-refractivity contribution in [2.45, 2.75) is 77.8 Å². The van der Waals surface area contributed by atoms with Gasteiger partial charge in [0, 0.05) is 37.0 Å². The molecule has 1 aromatic heterocycles. The van der Waals surface area contributed by atoms with E-state index in [1.807, 2.05) is 40.8 Å². The molecule has 0 spiro atoms. The van der Waals surface area contributed by atoms with Gasteiger partial charge in [0.25, 0.3) is 0 Å². The van der Waals surface area contributed by atoms with E-state index in [1.54, 1.807) is 11.2 Å². The first-order valence-electron chi connectivity index (χ1n) is 9.82. The number of aromatic nitrogens is 2. The van der Waals surface area contributed by atoms with Gasteiger partial charge in [0.05, 0.1) is 12.6 Å². The van der Waals surface area contributed by atoms with E-state index < -0.39 is 11.3 Å². The highest BCUT2D eigenvalue weighted by Crippen LogP contribution is 2.31. The Kier molecular flexibility index (Phi) is 5.72. The lowest BCUT2D eigenvalue weighted by Crippen LogP contribution is -2.50. The number of hydrogen-bond acceptors (Lipinski definition) is 6. The van der Waals surface area contributed by atoms with Crippen molar-refractivity contribution < 1.29 is 14.3 Å². The van der Waals surface area contributed by atoms with Crippen LogP contribution in [0.3, 0.4) is 0 Å². The van der Waals surface area contributed by atoms with Gasteiger partial charge in [-0.1, -0.05) is 0 Å². The van der Waals surface area contributed by atoms with Crippen molar-refractivity contribution in [3.05, 3.63) is 23.8 Å². The molecule has 3 rings (SSSR count). The first kappa shape index (κ1) is 20.0. The van der Waals surface area contributed by atoms with Crippen LogP contribution in [0.1, 0.15) is 58.7 Å². The maximum absolute atomic E-state index is 12.7. The molecular formula is C20H32N4O3. The lowest BCUT2D eigenvalue weighted by Gasteiger charge is -2.35. The van der Waals surface area contributed by atoms with Crippen molar-refractivity contribution in [2.75, 3.05) is 19.7 Å². The molecular weight excluding hydrogens is 344 g/mol. The van der Waals surface area contributed by atoms with Crippen LogP contribution in [-0.2, 0) is 22.4 Å². The molecule has 150 valence electrons. The van der Waals surface area contributed by atoms with E-state index in [2.05, 4.69) is 14.9 Å². The number of ether oxygens (including phenoxy) is 2. The van der Waals surface area contributed by atoms with Gasteiger partial charge in [0.1, 0.15) is 17.7 Å². The number of carbonyl (C=O) groups is 1. The number of hydrogen-bond donors (Lipinski definition) is 0. The molecule has 0 bridgehead atoms. The van der Waals surface area contributed by atoms with E-state index in [9.17, 15) is 4.79 Å². The normalized spacial score (nSPS) is 22.6. The summed E-state index contributed by atoms with van der Waals surface area (Å²) in [5.41, 5.74) is 1.26. The molecule has 0 radical (unpaired) electrons.